The highest BCUT2D eigenvalue weighted by Crippen LogP contribution is 2.18. The van der Waals surface area contributed by atoms with Crippen molar-refractivity contribution in [2.45, 2.75) is 32.2 Å². The predicted octanol–water partition coefficient (Wildman–Crippen LogP) is 1.08. The molecule has 10 nitrogen and oxygen atoms in total. The van der Waals surface area contributed by atoms with Gasteiger partial charge in [0.2, 0.25) is 23.7 Å². The van der Waals surface area contributed by atoms with E-state index in [9.17, 15) is 14.4 Å². The van der Waals surface area contributed by atoms with Crippen LogP contribution in [-0.4, -0.2) is 89.3 Å². The topological polar surface area (TPSA) is 111 Å². The van der Waals surface area contributed by atoms with Gasteiger partial charge in [-0.05, 0) is 29.7 Å². The molecule has 0 spiro atoms. The van der Waals surface area contributed by atoms with Gasteiger partial charge in [-0.15, -0.1) is 0 Å². The van der Waals surface area contributed by atoms with E-state index in [1.165, 1.54) is 5.56 Å². The van der Waals surface area contributed by atoms with Gasteiger partial charge >= 0.3 is 0 Å². The highest BCUT2D eigenvalue weighted by atomic mass is 16.2. The minimum Gasteiger partial charge on any atom is -0.353 e. The lowest BCUT2D eigenvalue weighted by Crippen LogP contribution is -2.60. The van der Waals surface area contributed by atoms with E-state index in [1.807, 2.05) is 24.3 Å². The third kappa shape index (κ3) is 6.33. The summed E-state index contributed by atoms with van der Waals surface area (Å²) in [5, 5.41) is 5.64. The number of amides is 3. The SMILES string of the molecule is CC(C)c1ccc(NC(=O)C[C@H]2C(=O)NCCN2C(=O)CN2CCN(c3ncccn3)CC2)cc1. The summed E-state index contributed by atoms with van der Waals surface area (Å²) in [4.78, 5) is 52.7. The van der Waals surface area contributed by atoms with E-state index >= 15 is 0 Å². The molecule has 2 saturated heterocycles. The van der Waals surface area contributed by atoms with Crippen molar-refractivity contribution in [1.82, 2.24) is 25.1 Å². The molecule has 3 heterocycles. The normalized spacial score (nSPS) is 18.9. The number of anilines is 2. The standard InChI is InChI=1S/C25H33N7O3/c1-18(2)19-4-6-20(7-5-19)29-22(33)16-21-24(35)26-10-11-32(21)23(34)17-30-12-14-31(15-13-30)25-27-8-3-9-28-25/h3-9,18,21H,10-17H2,1-2H3,(H,26,35)(H,29,33)/t21-/m0/s1. The molecule has 1 aromatic heterocycles. The van der Waals surface area contributed by atoms with E-state index in [-0.39, 0.29) is 30.7 Å². The summed E-state index contributed by atoms with van der Waals surface area (Å²) in [5.41, 5.74) is 1.86. The molecule has 4 rings (SSSR count). The minimum absolute atomic E-state index is 0.0807. The molecule has 0 saturated carbocycles. The second-order valence-corrected chi connectivity index (χ2v) is 9.23. The van der Waals surface area contributed by atoms with Crippen LogP contribution in [0.25, 0.3) is 0 Å². The van der Waals surface area contributed by atoms with E-state index in [0.717, 1.165) is 13.1 Å². The van der Waals surface area contributed by atoms with Gasteiger partial charge in [-0.3, -0.25) is 19.3 Å². The van der Waals surface area contributed by atoms with Crippen LogP contribution in [0.1, 0.15) is 31.7 Å². The fourth-order valence-corrected chi connectivity index (χ4v) is 4.40. The summed E-state index contributed by atoms with van der Waals surface area (Å²) in [6.45, 7) is 8.05. The molecule has 0 radical (unpaired) electrons. The maximum atomic E-state index is 13.1. The fourth-order valence-electron chi connectivity index (χ4n) is 4.40. The summed E-state index contributed by atoms with van der Waals surface area (Å²) in [5.74, 6) is 0.374. The molecule has 2 aliphatic heterocycles. The molecule has 2 fully saturated rings. The molecule has 1 aromatic carbocycles. The molecule has 2 aromatic rings. The molecule has 3 amide bonds. The number of nitrogens with one attached hydrogen (secondary N) is 2. The Morgan fingerprint density at radius 2 is 1.74 bits per heavy atom. The zero-order valence-electron chi connectivity index (χ0n) is 20.3. The molecule has 186 valence electrons. The number of carbonyl (C=O) groups is 3. The second kappa shape index (κ2) is 11.3. The zero-order chi connectivity index (χ0) is 24.8. The first-order valence-corrected chi connectivity index (χ1v) is 12.1. The Balaban J connectivity index is 1.31. The Morgan fingerprint density at radius 1 is 1.06 bits per heavy atom. The number of nitrogens with zero attached hydrogens (tertiary/aromatic N) is 5. The first-order chi connectivity index (χ1) is 16.9. The lowest BCUT2D eigenvalue weighted by atomic mass is 10.0. The summed E-state index contributed by atoms with van der Waals surface area (Å²) in [6, 6.07) is 8.64. The van der Waals surface area contributed by atoms with Crippen LogP contribution in [0, 0.1) is 0 Å². The smallest absolute Gasteiger partial charge is 0.243 e. The second-order valence-electron chi connectivity index (χ2n) is 9.23. The molecule has 2 N–H and O–H groups in total. The maximum absolute atomic E-state index is 13.1. The molecule has 0 bridgehead atoms. The molecular formula is C25H33N7O3. The van der Waals surface area contributed by atoms with Crippen molar-refractivity contribution in [2.75, 3.05) is 56.0 Å². The highest BCUT2D eigenvalue weighted by Gasteiger charge is 2.35. The maximum Gasteiger partial charge on any atom is 0.243 e. The lowest BCUT2D eigenvalue weighted by molar-refractivity contribution is -0.145. The van der Waals surface area contributed by atoms with Gasteiger partial charge in [0.15, 0.2) is 0 Å². The number of benzene rings is 1. The monoisotopic (exact) mass is 479 g/mol. The average molecular weight is 480 g/mol. The number of rotatable bonds is 7. The van der Waals surface area contributed by atoms with Crippen molar-refractivity contribution in [3.05, 3.63) is 48.3 Å². The van der Waals surface area contributed by atoms with Crippen molar-refractivity contribution in [3.63, 3.8) is 0 Å². The van der Waals surface area contributed by atoms with Crippen LogP contribution in [-0.2, 0) is 14.4 Å². The van der Waals surface area contributed by atoms with Gasteiger partial charge in [-0.25, -0.2) is 9.97 Å². The quantitative estimate of drug-likeness (QED) is 0.611. The van der Waals surface area contributed by atoms with Crippen LogP contribution in [0.15, 0.2) is 42.7 Å². The van der Waals surface area contributed by atoms with Crippen molar-refractivity contribution in [2.24, 2.45) is 0 Å². The summed E-state index contributed by atoms with van der Waals surface area (Å²) >= 11 is 0. The van der Waals surface area contributed by atoms with Crippen molar-refractivity contribution in [3.8, 4) is 0 Å². The molecule has 10 heteroatoms. The van der Waals surface area contributed by atoms with Gasteiger partial charge in [-0.1, -0.05) is 26.0 Å². The van der Waals surface area contributed by atoms with E-state index in [2.05, 4.69) is 44.2 Å². The molecule has 2 aliphatic rings. The van der Waals surface area contributed by atoms with Gasteiger partial charge in [0.1, 0.15) is 6.04 Å². The summed E-state index contributed by atoms with van der Waals surface area (Å²) < 4.78 is 0. The molecule has 35 heavy (non-hydrogen) atoms. The average Bonchev–Trinajstić information content (AvgIpc) is 2.86. The Morgan fingerprint density at radius 3 is 2.40 bits per heavy atom. The summed E-state index contributed by atoms with van der Waals surface area (Å²) in [6.07, 6.45) is 3.36. The highest BCUT2D eigenvalue weighted by molar-refractivity contribution is 5.97. The first-order valence-electron chi connectivity index (χ1n) is 12.1. The van der Waals surface area contributed by atoms with Gasteiger partial charge in [0.05, 0.1) is 13.0 Å². The Labute approximate surface area is 205 Å². The molecular weight excluding hydrogens is 446 g/mol. The minimum atomic E-state index is -0.815. The largest absolute Gasteiger partial charge is 0.353 e. The third-order valence-corrected chi connectivity index (χ3v) is 6.46. The summed E-state index contributed by atoms with van der Waals surface area (Å²) in [7, 11) is 0. The van der Waals surface area contributed by atoms with Crippen LogP contribution in [0.2, 0.25) is 0 Å². The number of hydrogen-bond donors (Lipinski definition) is 2. The third-order valence-electron chi connectivity index (χ3n) is 6.46. The van der Waals surface area contributed by atoms with E-state index in [0.29, 0.717) is 43.7 Å². The number of aromatic nitrogens is 2. The van der Waals surface area contributed by atoms with E-state index in [4.69, 9.17) is 0 Å². The van der Waals surface area contributed by atoms with Crippen LogP contribution < -0.4 is 15.5 Å². The predicted molar refractivity (Wildman–Crippen MR) is 133 cm³/mol. The van der Waals surface area contributed by atoms with Crippen LogP contribution >= 0.6 is 0 Å². The fraction of sp³-hybridized carbons (Fsp3) is 0.480. The van der Waals surface area contributed by atoms with Gasteiger partial charge in [0, 0.05) is 57.3 Å². The van der Waals surface area contributed by atoms with Gasteiger partial charge < -0.3 is 20.4 Å². The van der Waals surface area contributed by atoms with E-state index in [1.54, 1.807) is 23.4 Å². The van der Waals surface area contributed by atoms with Gasteiger partial charge in [0.25, 0.3) is 0 Å². The van der Waals surface area contributed by atoms with Gasteiger partial charge in [-0.2, -0.15) is 0 Å². The lowest BCUT2D eigenvalue weighted by Gasteiger charge is -2.38. The number of piperazine rings is 2. The Bertz CT molecular complexity index is 1020. The van der Waals surface area contributed by atoms with Crippen LogP contribution in [0.3, 0.4) is 0 Å². The molecule has 0 aliphatic carbocycles. The Hall–Kier alpha value is -3.53. The van der Waals surface area contributed by atoms with Crippen LogP contribution in [0.5, 0.6) is 0 Å². The van der Waals surface area contributed by atoms with Crippen molar-refractivity contribution in [1.29, 1.82) is 0 Å². The molecule has 0 unspecified atom stereocenters. The number of carbonyl (C=O) groups excluding carboxylic acids is 3. The van der Waals surface area contributed by atoms with Crippen LogP contribution in [0.4, 0.5) is 11.6 Å². The number of hydrogen-bond acceptors (Lipinski definition) is 7. The zero-order valence-corrected chi connectivity index (χ0v) is 20.3. The van der Waals surface area contributed by atoms with E-state index < -0.39 is 6.04 Å². The van der Waals surface area contributed by atoms with Crippen molar-refractivity contribution < 1.29 is 14.4 Å². The Kier molecular flexibility index (Phi) is 7.91. The molecule has 1 atom stereocenters. The van der Waals surface area contributed by atoms with Crippen molar-refractivity contribution >= 4 is 29.4 Å². The first kappa shape index (κ1) is 24.6.